The van der Waals surface area contributed by atoms with Gasteiger partial charge >= 0.3 is 0 Å². The lowest BCUT2D eigenvalue weighted by atomic mass is 9.96. The molecule has 2 aromatic rings. The summed E-state index contributed by atoms with van der Waals surface area (Å²) in [4.78, 5) is 18.8. The van der Waals surface area contributed by atoms with Gasteiger partial charge in [0, 0.05) is 37.3 Å². The third kappa shape index (κ3) is 3.13. The van der Waals surface area contributed by atoms with Crippen LogP contribution in [0.5, 0.6) is 0 Å². The van der Waals surface area contributed by atoms with Gasteiger partial charge < -0.3 is 9.42 Å². The van der Waals surface area contributed by atoms with E-state index in [1.165, 1.54) is 0 Å². The minimum Gasteiger partial charge on any atom is -0.342 e. The maximum absolute atomic E-state index is 12.6. The summed E-state index contributed by atoms with van der Waals surface area (Å²) in [6, 6.07) is 0. The highest BCUT2D eigenvalue weighted by Crippen LogP contribution is 2.27. The van der Waals surface area contributed by atoms with Gasteiger partial charge in [-0.05, 0) is 33.6 Å². The number of nitrogens with zero attached hydrogens (tertiary/aromatic N) is 5. The van der Waals surface area contributed by atoms with E-state index in [4.69, 9.17) is 4.52 Å². The summed E-state index contributed by atoms with van der Waals surface area (Å²) in [5.41, 5.74) is 3.05. The highest BCUT2D eigenvalue weighted by atomic mass is 16.5. The van der Waals surface area contributed by atoms with Crippen LogP contribution in [0, 0.1) is 20.8 Å². The van der Waals surface area contributed by atoms with E-state index < -0.39 is 0 Å². The molecule has 0 aromatic carbocycles. The molecule has 1 aliphatic heterocycles. The Balaban J connectivity index is 1.60. The summed E-state index contributed by atoms with van der Waals surface area (Å²) in [5, 5.41) is 8.23. The minimum atomic E-state index is 0.171. The van der Waals surface area contributed by atoms with Crippen LogP contribution < -0.4 is 0 Å². The molecule has 0 N–H and O–H groups in total. The van der Waals surface area contributed by atoms with Crippen molar-refractivity contribution in [2.75, 3.05) is 13.1 Å². The molecule has 7 heteroatoms. The molecule has 23 heavy (non-hydrogen) atoms. The second-order valence-electron chi connectivity index (χ2n) is 6.28. The van der Waals surface area contributed by atoms with E-state index in [2.05, 4.69) is 15.2 Å². The van der Waals surface area contributed by atoms with E-state index in [1.54, 1.807) is 0 Å². The van der Waals surface area contributed by atoms with E-state index >= 15 is 0 Å². The van der Waals surface area contributed by atoms with Crippen LogP contribution in [0.2, 0.25) is 0 Å². The molecule has 0 aliphatic carbocycles. The van der Waals surface area contributed by atoms with E-state index in [-0.39, 0.29) is 11.8 Å². The molecule has 1 amide bonds. The predicted molar refractivity (Wildman–Crippen MR) is 84.0 cm³/mol. The van der Waals surface area contributed by atoms with E-state index in [9.17, 15) is 4.79 Å². The fourth-order valence-corrected chi connectivity index (χ4v) is 3.19. The van der Waals surface area contributed by atoms with Crippen LogP contribution in [0.1, 0.15) is 47.4 Å². The smallest absolute Gasteiger partial charge is 0.229 e. The van der Waals surface area contributed by atoms with Gasteiger partial charge in [-0.2, -0.15) is 10.1 Å². The largest absolute Gasteiger partial charge is 0.342 e. The fraction of sp³-hybridized carbons (Fsp3) is 0.625. The molecule has 2 aromatic heterocycles. The number of aryl methyl sites for hydroxylation is 3. The highest BCUT2D eigenvalue weighted by molar-refractivity contribution is 5.79. The monoisotopic (exact) mass is 317 g/mol. The van der Waals surface area contributed by atoms with Crippen LogP contribution in [0.4, 0.5) is 0 Å². The zero-order valence-corrected chi connectivity index (χ0v) is 14.2. The van der Waals surface area contributed by atoms with Crippen LogP contribution in [-0.4, -0.2) is 43.8 Å². The first kappa shape index (κ1) is 15.7. The Morgan fingerprint density at radius 2 is 1.96 bits per heavy atom. The molecule has 124 valence electrons. The molecule has 7 nitrogen and oxygen atoms in total. The Labute approximate surface area is 135 Å². The number of likely N-dealkylation sites (tertiary alicyclic amines) is 1. The Bertz CT molecular complexity index is 710. The summed E-state index contributed by atoms with van der Waals surface area (Å²) in [7, 11) is 1.91. The van der Waals surface area contributed by atoms with Crippen LogP contribution >= 0.6 is 0 Å². The van der Waals surface area contributed by atoms with Crippen LogP contribution in [-0.2, 0) is 18.3 Å². The third-order valence-corrected chi connectivity index (χ3v) is 4.73. The quantitative estimate of drug-likeness (QED) is 0.860. The van der Waals surface area contributed by atoms with Gasteiger partial charge in [0.05, 0.1) is 12.1 Å². The Morgan fingerprint density at radius 3 is 2.48 bits per heavy atom. The molecule has 3 heterocycles. The first-order chi connectivity index (χ1) is 11.0. The molecule has 3 rings (SSSR count). The van der Waals surface area contributed by atoms with E-state index in [0.29, 0.717) is 18.1 Å². The number of carbonyl (C=O) groups is 1. The molecule has 0 radical (unpaired) electrons. The molecule has 1 fully saturated rings. The molecule has 0 bridgehead atoms. The molecule has 0 spiro atoms. The predicted octanol–water partition coefficient (Wildman–Crippen LogP) is 1.68. The van der Waals surface area contributed by atoms with Crippen molar-refractivity contribution >= 4 is 5.91 Å². The van der Waals surface area contributed by atoms with E-state index in [0.717, 1.165) is 42.9 Å². The van der Waals surface area contributed by atoms with Crippen LogP contribution in [0.15, 0.2) is 4.52 Å². The van der Waals surface area contributed by atoms with Crippen molar-refractivity contribution in [3.63, 3.8) is 0 Å². The van der Waals surface area contributed by atoms with Crippen molar-refractivity contribution in [1.82, 2.24) is 24.8 Å². The van der Waals surface area contributed by atoms with Gasteiger partial charge in [-0.3, -0.25) is 9.48 Å². The lowest BCUT2D eigenvalue weighted by Crippen LogP contribution is -2.39. The number of rotatable bonds is 3. The fourth-order valence-electron chi connectivity index (χ4n) is 3.19. The average Bonchev–Trinajstić information content (AvgIpc) is 3.06. The number of piperidine rings is 1. The van der Waals surface area contributed by atoms with Gasteiger partial charge in [-0.15, -0.1) is 0 Å². The summed E-state index contributed by atoms with van der Waals surface area (Å²) in [6.45, 7) is 7.27. The second-order valence-corrected chi connectivity index (χ2v) is 6.28. The first-order valence-electron chi connectivity index (χ1n) is 8.02. The maximum atomic E-state index is 12.6. The van der Waals surface area contributed by atoms with Gasteiger partial charge in [0.15, 0.2) is 5.82 Å². The Kier molecular flexibility index (Phi) is 4.19. The Morgan fingerprint density at radius 1 is 1.26 bits per heavy atom. The van der Waals surface area contributed by atoms with Crippen molar-refractivity contribution < 1.29 is 9.32 Å². The van der Waals surface area contributed by atoms with Gasteiger partial charge in [0.2, 0.25) is 11.8 Å². The van der Waals surface area contributed by atoms with Crippen molar-refractivity contribution in [2.45, 2.75) is 46.0 Å². The minimum absolute atomic E-state index is 0.171. The van der Waals surface area contributed by atoms with Gasteiger partial charge in [-0.25, -0.2) is 0 Å². The van der Waals surface area contributed by atoms with E-state index in [1.807, 2.05) is 37.4 Å². The number of carbonyl (C=O) groups excluding carboxylic acids is 1. The second kappa shape index (κ2) is 6.14. The van der Waals surface area contributed by atoms with Crippen molar-refractivity contribution in [3.8, 4) is 0 Å². The lowest BCUT2D eigenvalue weighted by molar-refractivity contribution is -0.131. The molecule has 0 atom stereocenters. The van der Waals surface area contributed by atoms with Crippen LogP contribution in [0.25, 0.3) is 0 Å². The number of amides is 1. The van der Waals surface area contributed by atoms with Crippen molar-refractivity contribution in [1.29, 1.82) is 0 Å². The van der Waals surface area contributed by atoms with Gasteiger partial charge in [0.25, 0.3) is 0 Å². The van der Waals surface area contributed by atoms with Crippen molar-refractivity contribution in [3.05, 3.63) is 28.7 Å². The summed E-state index contributed by atoms with van der Waals surface area (Å²) in [5.74, 6) is 1.81. The average molecular weight is 317 g/mol. The molecule has 1 aliphatic rings. The normalized spacial score (nSPS) is 16.1. The lowest BCUT2D eigenvalue weighted by Gasteiger charge is -2.30. The highest BCUT2D eigenvalue weighted by Gasteiger charge is 2.27. The zero-order chi connectivity index (χ0) is 16.6. The molecule has 0 unspecified atom stereocenters. The number of hydrogen-bond acceptors (Lipinski definition) is 5. The molecular weight excluding hydrogens is 294 g/mol. The third-order valence-electron chi connectivity index (χ3n) is 4.73. The SMILES string of the molecule is Cc1noc(C2CCN(C(=O)Cc3c(C)nn(C)c3C)CC2)n1. The summed E-state index contributed by atoms with van der Waals surface area (Å²) >= 11 is 0. The van der Waals surface area contributed by atoms with Crippen molar-refractivity contribution in [2.24, 2.45) is 7.05 Å². The summed E-state index contributed by atoms with van der Waals surface area (Å²) < 4.78 is 7.09. The topological polar surface area (TPSA) is 77.0 Å². The summed E-state index contributed by atoms with van der Waals surface area (Å²) in [6.07, 6.45) is 2.17. The molecular formula is C16H23N5O2. The zero-order valence-electron chi connectivity index (χ0n) is 14.2. The van der Waals surface area contributed by atoms with Crippen LogP contribution in [0.3, 0.4) is 0 Å². The molecule has 1 saturated heterocycles. The maximum Gasteiger partial charge on any atom is 0.229 e. The number of aromatic nitrogens is 4. The Hall–Kier alpha value is -2.18. The molecule has 0 saturated carbocycles. The van der Waals surface area contributed by atoms with Gasteiger partial charge in [-0.1, -0.05) is 5.16 Å². The standard InChI is InChI=1S/C16H23N5O2/c1-10-14(11(2)20(4)18-10)9-15(22)21-7-5-13(6-8-21)16-17-12(3)19-23-16/h13H,5-9H2,1-4H3. The first-order valence-corrected chi connectivity index (χ1v) is 8.02. The number of hydrogen-bond donors (Lipinski definition) is 0. The van der Waals surface area contributed by atoms with Gasteiger partial charge in [0.1, 0.15) is 0 Å².